The Kier molecular flexibility index (Phi) is 2.44. The van der Waals surface area contributed by atoms with Crippen LogP contribution in [0.3, 0.4) is 0 Å². The van der Waals surface area contributed by atoms with Crippen molar-refractivity contribution in [3.05, 3.63) is 0 Å². The lowest BCUT2D eigenvalue weighted by molar-refractivity contribution is -0.144. The molecule has 0 radical (unpaired) electrons. The molecule has 3 nitrogen and oxygen atoms in total. The number of alkyl halides is 1. The van der Waals surface area contributed by atoms with Crippen molar-refractivity contribution in [3.8, 4) is 0 Å². The number of rotatable bonds is 1. The van der Waals surface area contributed by atoms with Crippen molar-refractivity contribution in [3.63, 3.8) is 0 Å². The number of carboxylic acids is 1. The molecule has 0 heterocycles. The molecule has 1 aliphatic rings. The zero-order valence-electron chi connectivity index (χ0n) is 6.03. The molecule has 4 heteroatoms. The summed E-state index contributed by atoms with van der Waals surface area (Å²) in [7, 11) is 0. The number of aliphatic hydroxyl groups excluding tert-OH is 1. The van der Waals surface area contributed by atoms with Gasteiger partial charge in [-0.25, -0.2) is 4.39 Å². The van der Waals surface area contributed by atoms with E-state index in [1.54, 1.807) is 0 Å². The predicted octanol–water partition coefficient (Wildman–Crippen LogP) is 0.570. The summed E-state index contributed by atoms with van der Waals surface area (Å²) < 4.78 is 12.7. The molecule has 0 aromatic heterocycles. The SMILES string of the molecule is O=C(O)[C@@H]1CC[C@H](O)[C@@H](F)C1. The van der Waals surface area contributed by atoms with Crippen LogP contribution >= 0.6 is 0 Å². The van der Waals surface area contributed by atoms with Crippen LogP contribution < -0.4 is 0 Å². The number of carboxylic acid groups (broad SMARTS) is 1. The van der Waals surface area contributed by atoms with Gasteiger partial charge in [0.2, 0.25) is 0 Å². The molecule has 0 spiro atoms. The standard InChI is InChI=1S/C7H11FO3/c8-5-3-4(7(10)11)1-2-6(5)9/h4-6,9H,1-3H2,(H,10,11)/t4-,5+,6+/m1/s1. The fourth-order valence-electron chi connectivity index (χ4n) is 1.32. The first-order valence-electron chi connectivity index (χ1n) is 3.66. The third-order valence-electron chi connectivity index (χ3n) is 2.09. The van der Waals surface area contributed by atoms with E-state index < -0.39 is 24.2 Å². The molecule has 0 unspecified atom stereocenters. The molecule has 0 aliphatic heterocycles. The highest BCUT2D eigenvalue weighted by Crippen LogP contribution is 2.26. The van der Waals surface area contributed by atoms with E-state index >= 15 is 0 Å². The molecule has 0 amide bonds. The van der Waals surface area contributed by atoms with Crippen LogP contribution in [0, 0.1) is 5.92 Å². The highest BCUT2D eigenvalue weighted by molar-refractivity contribution is 5.70. The maximum Gasteiger partial charge on any atom is 0.306 e. The highest BCUT2D eigenvalue weighted by atomic mass is 19.1. The van der Waals surface area contributed by atoms with Crippen molar-refractivity contribution in [1.29, 1.82) is 0 Å². The Bertz CT molecular complexity index is 160. The number of hydrogen-bond acceptors (Lipinski definition) is 2. The molecule has 0 aromatic rings. The van der Waals surface area contributed by atoms with Crippen LogP contribution in [0.4, 0.5) is 4.39 Å². The number of aliphatic hydroxyl groups is 1. The summed E-state index contributed by atoms with van der Waals surface area (Å²) >= 11 is 0. The molecule has 1 rings (SSSR count). The van der Waals surface area contributed by atoms with E-state index in [0.29, 0.717) is 6.42 Å². The third-order valence-corrected chi connectivity index (χ3v) is 2.09. The van der Waals surface area contributed by atoms with Crippen molar-refractivity contribution < 1.29 is 19.4 Å². The van der Waals surface area contributed by atoms with Crippen molar-refractivity contribution in [1.82, 2.24) is 0 Å². The van der Waals surface area contributed by atoms with Gasteiger partial charge in [-0.15, -0.1) is 0 Å². The number of hydrogen-bond donors (Lipinski definition) is 2. The largest absolute Gasteiger partial charge is 0.481 e. The zero-order valence-corrected chi connectivity index (χ0v) is 6.03. The van der Waals surface area contributed by atoms with Crippen LogP contribution in [-0.4, -0.2) is 28.5 Å². The van der Waals surface area contributed by atoms with Crippen molar-refractivity contribution >= 4 is 5.97 Å². The fraction of sp³-hybridized carbons (Fsp3) is 0.857. The van der Waals surface area contributed by atoms with E-state index in [0.717, 1.165) is 0 Å². The summed E-state index contributed by atoms with van der Waals surface area (Å²) in [6.07, 6.45) is -1.71. The molecule has 1 saturated carbocycles. The lowest BCUT2D eigenvalue weighted by Crippen LogP contribution is -2.33. The first kappa shape index (κ1) is 8.46. The van der Waals surface area contributed by atoms with Gasteiger partial charge in [0.05, 0.1) is 12.0 Å². The van der Waals surface area contributed by atoms with Gasteiger partial charge in [0.1, 0.15) is 6.17 Å². The lowest BCUT2D eigenvalue weighted by Gasteiger charge is -2.25. The second kappa shape index (κ2) is 3.17. The van der Waals surface area contributed by atoms with E-state index in [1.807, 2.05) is 0 Å². The molecule has 64 valence electrons. The first-order valence-corrected chi connectivity index (χ1v) is 3.66. The minimum atomic E-state index is -1.36. The van der Waals surface area contributed by atoms with Crippen LogP contribution in [-0.2, 0) is 4.79 Å². The predicted molar refractivity (Wildman–Crippen MR) is 35.9 cm³/mol. The van der Waals surface area contributed by atoms with Crippen molar-refractivity contribution in [2.24, 2.45) is 5.92 Å². The average Bonchev–Trinajstić information content (AvgIpc) is 1.94. The smallest absolute Gasteiger partial charge is 0.306 e. The molecule has 3 atom stereocenters. The molecule has 1 fully saturated rings. The normalized spacial score (nSPS) is 38.5. The molecule has 0 saturated heterocycles. The molecule has 1 aliphatic carbocycles. The van der Waals surface area contributed by atoms with Gasteiger partial charge in [-0.05, 0) is 19.3 Å². The van der Waals surface area contributed by atoms with Gasteiger partial charge >= 0.3 is 5.97 Å². The monoisotopic (exact) mass is 162 g/mol. The fourth-order valence-corrected chi connectivity index (χ4v) is 1.32. The lowest BCUT2D eigenvalue weighted by atomic mass is 9.86. The van der Waals surface area contributed by atoms with Crippen LogP contribution in [0.5, 0.6) is 0 Å². The second-order valence-corrected chi connectivity index (χ2v) is 2.93. The minimum Gasteiger partial charge on any atom is -0.481 e. The van der Waals surface area contributed by atoms with Gasteiger partial charge in [-0.2, -0.15) is 0 Å². The Morgan fingerprint density at radius 2 is 2.09 bits per heavy atom. The van der Waals surface area contributed by atoms with Crippen LogP contribution in [0.1, 0.15) is 19.3 Å². The van der Waals surface area contributed by atoms with Crippen molar-refractivity contribution in [2.45, 2.75) is 31.5 Å². The van der Waals surface area contributed by atoms with Crippen LogP contribution in [0.15, 0.2) is 0 Å². The van der Waals surface area contributed by atoms with E-state index in [9.17, 15) is 9.18 Å². The van der Waals surface area contributed by atoms with E-state index in [-0.39, 0.29) is 12.8 Å². The van der Waals surface area contributed by atoms with E-state index in [4.69, 9.17) is 10.2 Å². The summed E-state index contributed by atoms with van der Waals surface area (Å²) in [5.74, 6) is -1.56. The van der Waals surface area contributed by atoms with Gasteiger partial charge in [-0.1, -0.05) is 0 Å². The number of aliphatic carboxylic acids is 1. The summed E-state index contributed by atoms with van der Waals surface area (Å²) in [6, 6.07) is 0. The third kappa shape index (κ3) is 1.89. The first-order chi connectivity index (χ1) is 5.11. The van der Waals surface area contributed by atoms with Crippen LogP contribution in [0.25, 0.3) is 0 Å². The molecule has 0 aromatic carbocycles. The maximum absolute atomic E-state index is 12.7. The van der Waals surface area contributed by atoms with Crippen LogP contribution in [0.2, 0.25) is 0 Å². The topological polar surface area (TPSA) is 57.5 Å². The second-order valence-electron chi connectivity index (χ2n) is 2.93. The Hall–Kier alpha value is -0.640. The summed E-state index contributed by atoms with van der Waals surface area (Å²) in [4.78, 5) is 10.4. The Morgan fingerprint density at radius 1 is 1.45 bits per heavy atom. The Labute approximate surface area is 63.8 Å². The van der Waals surface area contributed by atoms with Gasteiger partial charge in [0, 0.05) is 0 Å². The highest BCUT2D eigenvalue weighted by Gasteiger charge is 2.32. The quantitative estimate of drug-likeness (QED) is 0.592. The molecular formula is C7H11FO3. The molecule has 11 heavy (non-hydrogen) atoms. The van der Waals surface area contributed by atoms with Gasteiger partial charge in [-0.3, -0.25) is 4.79 Å². The summed E-state index contributed by atoms with van der Waals surface area (Å²) in [5, 5.41) is 17.4. The molecular weight excluding hydrogens is 151 g/mol. The number of carbonyl (C=O) groups is 1. The Morgan fingerprint density at radius 3 is 2.55 bits per heavy atom. The summed E-state index contributed by atoms with van der Waals surface area (Å²) in [6.45, 7) is 0. The van der Waals surface area contributed by atoms with E-state index in [1.165, 1.54) is 0 Å². The molecule has 2 N–H and O–H groups in total. The maximum atomic E-state index is 12.7. The van der Waals surface area contributed by atoms with Crippen molar-refractivity contribution in [2.75, 3.05) is 0 Å². The Balaban J connectivity index is 2.46. The zero-order chi connectivity index (χ0) is 8.43. The summed E-state index contributed by atoms with van der Waals surface area (Å²) in [5.41, 5.74) is 0. The van der Waals surface area contributed by atoms with Gasteiger partial charge in [0.25, 0.3) is 0 Å². The minimum absolute atomic E-state index is 0.0451. The average molecular weight is 162 g/mol. The van der Waals surface area contributed by atoms with E-state index in [2.05, 4.69) is 0 Å². The van der Waals surface area contributed by atoms with Gasteiger partial charge in [0.15, 0.2) is 0 Å². The van der Waals surface area contributed by atoms with Gasteiger partial charge < -0.3 is 10.2 Å². The number of halogens is 1. The molecule has 0 bridgehead atoms.